The number of aliphatic hydroxyl groups is 1. The number of hydrogen-bond donors (Lipinski definition) is 2. The number of thiazole rings is 1. The predicted octanol–water partition coefficient (Wildman–Crippen LogP) is 4.00. The second-order valence-electron chi connectivity index (χ2n) is 9.94. The Morgan fingerprint density at radius 2 is 2.00 bits per heavy atom. The van der Waals surface area contributed by atoms with Gasteiger partial charge in [0.25, 0.3) is 0 Å². The fourth-order valence-corrected chi connectivity index (χ4v) is 5.73. The molecule has 2 N–H and O–H groups in total. The molecule has 1 aromatic carbocycles. The molecule has 198 valence electrons. The minimum absolute atomic E-state index is 0.0785. The maximum absolute atomic E-state index is 13.6. The van der Waals surface area contributed by atoms with Crippen molar-refractivity contribution in [3.05, 3.63) is 52.5 Å². The number of methoxy groups -OCH3 is 1. The van der Waals surface area contributed by atoms with Gasteiger partial charge in [-0.2, -0.15) is 0 Å². The second-order valence-corrected chi connectivity index (χ2v) is 10.8. The van der Waals surface area contributed by atoms with E-state index in [0.29, 0.717) is 17.2 Å². The summed E-state index contributed by atoms with van der Waals surface area (Å²) in [6.45, 7) is 9.57. The average Bonchev–Trinajstić information content (AvgIpc) is 3.58. The molecule has 4 atom stereocenters. The van der Waals surface area contributed by atoms with Crippen molar-refractivity contribution in [2.75, 3.05) is 13.7 Å². The molecule has 2 aromatic heterocycles. The molecule has 9 nitrogen and oxygen atoms in total. The molecule has 10 heteroatoms. The van der Waals surface area contributed by atoms with Gasteiger partial charge in [0.05, 0.1) is 41.0 Å². The zero-order chi connectivity index (χ0) is 26.9. The molecule has 1 aliphatic heterocycles. The van der Waals surface area contributed by atoms with Crippen LogP contribution in [0.15, 0.2) is 34.3 Å². The summed E-state index contributed by atoms with van der Waals surface area (Å²) in [4.78, 5) is 33.9. The number of nitrogens with one attached hydrogen (secondary N) is 1. The monoisotopic (exact) mass is 526 g/mol. The first-order valence-corrected chi connectivity index (χ1v) is 13.3. The number of hydrogen-bond acceptors (Lipinski definition) is 8. The van der Waals surface area contributed by atoms with Crippen molar-refractivity contribution >= 4 is 23.2 Å². The number of amides is 2. The van der Waals surface area contributed by atoms with Crippen molar-refractivity contribution in [1.29, 1.82) is 0 Å². The molecule has 0 spiro atoms. The van der Waals surface area contributed by atoms with Gasteiger partial charge in [-0.15, -0.1) is 11.3 Å². The van der Waals surface area contributed by atoms with Crippen LogP contribution in [-0.2, 0) is 9.59 Å². The molecule has 1 fully saturated rings. The second kappa shape index (κ2) is 11.0. The van der Waals surface area contributed by atoms with Gasteiger partial charge < -0.3 is 24.6 Å². The number of aromatic nitrogens is 2. The Hall–Kier alpha value is -3.24. The van der Waals surface area contributed by atoms with E-state index in [1.165, 1.54) is 4.90 Å². The number of likely N-dealkylation sites (tertiary alicyclic amines) is 1. The average molecular weight is 527 g/mol. The molecule has 0 bridgehead atoms. The number of nitrogens with zero attached hydrogens (tertiary/aromatic N) is 3. The zero-order valence-electron chi connectivity index (χ0n) is 22.0. The van der Waals surface area contributed by atoms with Crippen LogP contribution in [0.5, 0.6) is 5.75 Å². The first-order chi connectivity index (χ1) is 17.6. The van der Waals surface area contributed by atoms with E-state index in [0.717, 1.165) is 21.7 Å². The first kappa shape index (κ1) is 26.8. The highest BCUT2D eigenvalue weighted by Crippen LogP contribution is 2.35. The smallest absolute Gasteiger partial charge is 0.243 e. The molecule has 4 rings (SSSR count). The van der Waals surface area contributed by atoms with E-state index in [1.807, 2.05) is 51.4 Å². The highest BCUT2D eigenvalue weighted by Gasteiger charge is 2.43. The van der Waals surface area contributed by atoms with Crippen LogP contribution in [0.2, 0.25) is 0 Å². The first-order valence-electron chi connectivity index (χ1n) is 12.4. The molecule has 0 saturated carbocycles. The summed E-state index contributed by atoms with van der Waals surface area (Å²) in [7, 11) is 1.60. The summed E-state index contributed by atoms with van der Waals surface area (Å²) in [5.41, 5.74) is 5.26. The minimum Gasteiger partial charge on any atom is -0.496 e. The summed E-state index contributed by atoms with van der Waals surface area (Å²) in [6.07, 6.45) is -0.610. The van der Waals surface area contributed by atoms with Crippen LogP contribution in [0, 0.1) is 19.8 Å². The zero-order valence-corrected chi connectivity index (χ0v) is 22.8. The highest BCUT2D eigenvalue weighted by atomic mass is 32.1. The van der Waals surface area contributed by atoms with Crippen LogP contribution in [0.25, 0.3) is 10.4 Å². The highest BCUT2D eigenvalue weighted by molar-refractivity contribution is 7.13. The van der Waals surface area contributed by atoms with Gasteiger partial charge in [-0.1, -0.05) is 31.1 Å². The summed E-state index contributed by atoms with van der Waals surface area (Å²) in [6, 6.07) is 6.44. The Balaban J connectivity index is 1.53. The number of carbonyl (C=O) groups is 2. The SMILES string of the molecule is COc1cc(-c2scnc2C)ccc1[C@H](C)NC(=O)[C@@H]1C[C@@H](O)CN1C(=O)[C@@H](c1cc(C)no1)C(C)C. The molecule has 0 aliphatic carbocycles. The Morgan fingerprint density at radius 1 is 1.24 bits per heavy atom. The number of rotatable bonds is 8. The molecular weight excluding hydrogens is 492 g/mol. The van der Waals surface area contributed by atoms with Gasteiger partial charge in [0.1, 0.15) is 23.5 Å². The van der Waals surface area contributed by atoms with Crippen molar-refractivity contribution in [2.45, 2.75) is 65.1 Å². The Labute approximate surface area is 220 Å². The third-order valence-corrected chi connectivity index (χ3v) is 7.79. The maximum atomic E-state index is 13.6. The number of β-amino-alcohol motifs (C(OH)–C–C–N with tert-alkyl or cyclic N) is 1. The van der Waals surface area contributed by atoms with E-state index in [2.05, 4.69) is 15.5 Å². The summed E-state index contributed by atoms with van der Waals surface area (Å²) >= 11 is 1.56. The molecule has 0 unspecified atom stereocenters. The molecule has 3 heterocycles. The number of aliphatic hydroxyl groups excluding tert-OH is 1. The fraction of sp³-hybridized carbons (Fsp3) is 0.481. The quantitative estimate of drug-likeness (QED) is 0.455. The lowest BCUT2D eigenvalue weighted by Gasteiger charge is -2.29. The Kier molecular flexibility index (Phi) is 7.99. The van der Waals surface area contributed by atoms with Gasteiger partial charge >= 0.3 is 0 Å². The van der Waals surface area contributed by atoms with Crippen LogP contribution in [0.4, 0.5) is 0 Å². The van der Waals surface area contributed by atoms with Crippen LogP contribution in [0.1, 0.15) is 61.9 Å². The van der Waals surface area contributed by atoms with E-state index < -0.39 is 18.1 Å². The summed E-state index contributed by atoms with van der Waals surface area (Å²) in [5, 5.41) is 17.4. The normalized spacial score (nSPS) is 19.2. The van der Waals surface area contributed by atoms with E-state index >= 15 is 0 Å². The van der Waals surface area contributed by atoms with Crippen LogP contribution >= 0.6 is 11.3 Å². The summed E-state index contributed by atoms with van der Waals surface area (Å²) in [5.74, 6) is -0.131. The topological polar surface area (TPSA) is 118 Å². The third-order valence-electron chi connectivity index (χ3n) is 6.82. The van der Waals surface area contributed by atoms with Crippen molar-refractivity contribution in [2.24, 2.45) is 5.92 Å². The Bertz CT molecular complexity index is 1270. The molecule has 1 aliphatic rings. The lowest BCUT2D eigenvalue weighted by Crippen LogP contribution is -2.48. The lowest BCUT2D eigenvalue weighted by molar-refractivity contribution is -0.141. The number of aryl methyl sites for hydroxylation is 2. The van der Waals surface area contributed by atoms with Gasteiger partial charge in [0.15, 0.2) is 0 Å². The van der Waals surface area contributed by atoms with Crippen molar-refractivity contribution in [1.82, 2.24) is 20.4 Å². The third kappa shape index (κ3) is 5.55. The van der Waals surface area contributed by atoms with Gasteiger partial charge in [0, 0.05) is 24.6 Å². The molecule has 0 radical (unpaired) electrons. The maximum Gasteiger partial charge on any atom is 0.243 e. The fourth-order valence-electron chi connectivity index (χ4n) is 4.93. The van der Waals surface area contributed by atoms with E-state index in [9.17, 15) is 14.7 Å². The largest absolute Gasteiger partial charge is 0.496 e. The molecule has 1 saturated heterocycles. The number of carbonyl (C=O) groups excluding carboxylic acids is 2. The molecule has 37 heavy (non-hydrogen) atoms. The Morgan fingerprint density at radius 3 is 2.59 bits per heavy atom. The van der Waals surface area contributed by atoms with E-state index in [4.69, 9.17) is 9.26 Å². The molecule has 2 amide bonds. The number of ether oxygens (including phenoxy) is 1. The summed E-state index contributed by atoms with van der Waals surface area (Å²) < 4.78 is 11.1. The van der Waals surface area contributed by atoms with Crippen molar-refractivity contribution in [3.8, 4) is 16.2 Å². The van der Waals surface area contributed by atoms with E-state index in [1.54, 1.807) is 31.4 Å². The molecule has 3 aromatic rings. The van der Waals surface area contributed by atoms with Crippen LogP contribution < -0.4 is 10.1 Å². The van der Waals surface area contributed by atoms with Gasteiger partial charge in [-0.3, -0.25) is 9.59 Å². The standard InChI is InChI=1S/C27H34N4O5S/c1-14(2)24(23-9-15(3)30-36-23)27(34)31-12-19(32)11-21(31)26(33)29-16(4)20-8-7-18(10-22(20)35-6)25-17(5)28-13-37-25/h7-10,13-14,16,19,21,24,32H,11-12H2,1-6H3,(H,29,33)/t16-,19+,21-,24+/m0/s1. The van der Waals surface area contributed by atoms with E-state index in [-0.39, 0.29) is 36.7 Å². The van der Waals surface area contributed by atoms with Gasteiger partial charge in [-0.25, -0.2) is 4.98 Å². The van der Waals surface area contributed by atoms with Crippen molar-refractivity contribution in [3.63, 3.8) is 0 Å². The lowest BCUT2D eigenvalue weighted by atomic mass is 9.91. The van der Waals surface area contributed by atoms with Crippen molar-refractivity contribution < 1.29 is 24.0 Å². The van der Waals surface area contributed by atoms with Gasteiger partial charge in [0.2, 0.25) is 11.8 Å². The minimum atomic E-state index is -0.791. The predicted molar refractivity (Wildman–Crippen MR) is 140 cm³/mol. The molecular formula is C27H34N4O5S. The van der Waals surface area contributed by atoms with Crippen LogP contribution in [0.3, 0.4) is 0 Å². The van der Waals surface area contributed by atoms with Gasteiger partial charge in [-0.05, 0) is 38.3 Å². The van der Waals surface area contributed by atoms with Crippen LogP contribution in [-0.4, -0.2) is 57.8 Å². The number of benzene rings is 1.